The molecule has 0 aromatic carbocycles. The molecule has 2 atom stereocenters. The first kappa shape index (κ1) is 14.6. The highest BCUT2D eigenvalue weighted by Crippen LogP contribution is 2.24. The Morgan fingerprint density at radius 3 is 2.68 bits per heavy atom. The predicted octanol–water partition coefficient (Wildman–Crippen LogP) is 2.63. The van der Waals surface area contributed by atoms with E-state index >= 15 is 0 Å². The lowest BCUT2D eigenvalue weighted by Crippen LogP contribution is -2.51. The maximum Gasteiger partial charge on any atom is 0.409 e. The summed E-state index contributed by atoms with van der Waals surface area (Å²) in [6, 6.07) is 0.435. The van der Waals surface area contributed by atoms with Gasteiger partial charge in [-0.2, -0.15) is 0 Å². The van der Waals surface area contributed by atoms with Crippen LogP contribution in [0.5, 0.6) is 0 Å². The summed E-state index contributed by atoms with van der Waals surface area (Å²) in [7, 11) is 1.46. The number of likely N-dealkylation sites (tertiary alicyclic amines) is 1. The molecule has 0 aromatic heterocycles. The number of rotatable bonds is 3. The normalized spacial score (nSPS) is 29.3. The van der Waals surface area contributed by atoms with Crippen LogP contribution in [-0.4, -0.2) is 43.8 Å². The van der Waals surface area contributed by atoms with Crippen molar-refractivity contribution in [3.05, 3.63) is 0 Å². The van der Waals surface area contributed by atoms with Crippen LogP contribution in [0.1, 0.15) is 45.4 Å². The second-order valence-electron chi connectivity index (χ2n) is 6.33. The highest BCUT2D eigenvalue weighted by Gasteiger charge is 2.28. The number of hydrogen-bond acceptors (Lipinski definition) is 3. The van der Waals surface area contributed by atoms with Gasteiger partial charge in [-0.05, 0) is 37.6 Å². The molecule has 19 heavy (non-hydrogen) atoms. The van der Waals surface area contributed by atoms with Crippen LogP contribution in [-0.2, 0) is 4.74 Å². The van der Waals surface area contributed by atoms with Crippen LogP contribution >= 0.6 is 0 Å². The molecule has 1 saturated carbocycles. The highest BCUT2D eigenvalue weighted by atomic mass is 16.5. The number of carbonyl (C=O) groups is 1. The maximum atomic E-state index is 11.6. The molecule has 2 rings (SSSR count). The number of nitrogens with one attached hydrogen (secondary N) is 1. The van der Waals surface area contributed by atoms with E-state index in [1.54, 1.807) is 0 Å². The van der Waals surface area contributed by atoms with Crippen molar-refractivity contribution in [1.29, 1.82) is 0 Å². The first-order chi connectivity index (χ1) is 9.19. The summed E-state index contributed by atoms with van der Waals surface area (Å²) in [6.45, 7) is 4.95. The Bertz CT molecular complexity index is 290. The third-order valence-corrected chi connectivity index (χ3v) is 4.51. The summed E-state index contributed by atoms with van der Waals surface area (Å²) in [5.74, 6) is 1.40. The predicted molar refractivity (Wildman–Crippen MR) is 76.1 cm³/mol. The third-order valence-electron chi connectivity index (χ3n) is 4.51. The maximum absolute atomic E-state index is 11.6. The van der Waals surface area contributed by atoms with Gasteiger partial charge in [0.15, 0.2) is 0 Å². The molecule has 1 aliphatic carbocycles. The summed E-state index contributed by atoms with van der Waals surface area (Å²) in [5.41, 5.74) is 0. The second kappa shape index (κ2) is 7.13. The summed E-state index contributed by atoms with van der Waals surface area (Å²) < 4.78 is 4.84. The van der Waals surface area contributed by atoms with Crippen LogP contribution in [0.15, 0.2) is 0 Å². The van der Waals surface area contributed by atoms with Gasteiger partial charge in [-0.1, -0.05) is 26.2 Å². The largest absolute Gasteiger partial charge is 0.453 e. The van der Waals surface area contributed by atoms with Crippen LogP contribution in [0.3, 0.4) is 0 Å². The van der Waals surface area contributed by atoms with E-state index in [2.05, 4.69) is 12.2 Å². The molecule has 0 aromatic rings. The number of carbonyl (C=O) groups excluding carboxylic acids is 1. The molecular formula is C15H28N2O2. The van der Waals surface area contributed by atoms with E-state index in [0.29, 0.717) is 12.0 Å². The second-order valence-corrected chi connectivity index (χ2v) is 6.33. The molecule has 1 N–H and O–H groups in total. The van der Waals surface area contributed by atoms with Crippen LogP contribution < -0.4 is 5.32 Å². The van der Waals surface area contributed by atoms with Crippen molar-refractivity contribution < 1.29 is 9.53 Å². The molecular weight excluding hydrogens is 240 g/mol. The molecule has 110 valence electrons. The van der Waals surface area contributed by atoms with Crippen LogP contribution in [0.2, 0.25) is 0 Å². The van der Waals surface area contributed by atoms with Crippen molar-refractivity contribution in [2.75, 3.05) is 26.7 Å². The molecule has 2 unspecified atom stereocenters. The zero-order valence-corrected chi connectivity index (χ0v) is 12.4. The topological polar surface area (TPSA) is 41.6 Å². The van der Waals surface area contributed by atoms with E-state index in [1.807, 2.05) is 4.90 Å². The number of piperidine rings is 1. The molecule has 1 amide bonds. The quantitative estimate of drug-likeness (QED) is 0.855. The average molecular weight is 268 g/mol. The Hall–Kier alpha value is -0.770. The van der Waals surface area contributed by atoms with Gasteiger partial charge in [-0.3, -0.25) is 0 Å². The van der Waals surface area contributed by atoms with E-state index < -0.39 is 0 Å². The highest BCUT2D eigenvalue weighted by molar-refractivity contribution is 5.67. The van der Waals surface area contributed by atoms with Crippen molar-refractivity contribution in [2.24, 2.45) is 11.8 Å². The molecule has 4 nitrogen and oxygen atoms in total. The Morgan fingerprint density at radius 2 is 2.00 bits per heavy atom. The number of ether oxygens (including phenoxy) is 1. The van der Waals surface area contributed by atoms with Crippen molar-refractivity contribution in [3.63, 3.8) is 0 Å². The summed E-state index contributed by atoms with van der Waals surface area (Å²) in [4.78, 5) is 13.5. The van der Waals surface area contributed by atoms with Gasteiger partial charge in [-0.25, -0.2) is 4.79 Å². The Kier molecular flexibility index (Phi) is 5.49. The van der Waals surface area contributed by atoms with Gasteiger partial charge in [0.05, 0.1) is 7.11 Å². The minimum Gasteiger partial charge on any atom is -0.453 e. The molecule has 4 heteroatoms. The Balaban J connectivity index is 1.77. The van der Waals surface area contributed by atoms with Crippen LogP contribution in [0, 0.1) is 11.8 Å². The van der Waals surface area contributed by atoms with E-state index in [9.17, 15) is 4.79 Å². The van der Waals surface area contributed by atoms with Gasteiger partial charge >= 0.3 is 6.09 Å². The molecule has 2 fully saturated rings. The van der Waals surface area contributed by atoms with E-state index in [4.69, 9.17) is 4.74 Å². The standard InChI is InChI=1S/C15H28N2O2/c1-12-8-14(11-17(10-12)15(18)19-2)16-9-13-6-4-3-5-7-13/h12-14,16H,3-11H2,1-2H3. The fourth-order valence-electron chi connectivity index (χ4n) is 3.50. The summed E-state index contributed by atoms with van der Waals surface area (Å²) in [5, 5.41) is 3.68. The molecule has 0 spiro atoms. The zero-order chi connectivity index (χ0) is 13.7. The molecule has 1 saturated heterocycles. The van der Waals surface area contributed by atoms with Crippen molar-refractivity contribution in [2.45, 2.75) is 51.5 Å². The molecule has 0 radical (unpaired) electrons. The van der Waals surface area contributed by atoms with Crippen LogP contribution in [0.4, 0.5) is 4.79 Å². The molecule has 0 bridgehead atoms. The monoisotopic (exact) mass is 268 g/mol. The fourth-order valence-corrected chi connectivity index (χ4v) is 3.50. The van der Waals surface area contributed by atoms with E-state index in [-0.39, 0.29) is 6.09 Å². The van der Waals surface area contributed by atoms with E-state index in [0.717, 1.165) is 25.6 Å². The van der Waals surface area contributed by atoms with Crippen molar-refractivity contribution in [3.8, 4) is 0 Å². The SMILES string of the molecule is COC(=O)N1CC(C)CC(NCC2CCCCC2)C1. The lowest BCUT2D eigenvalue weighted by Gasteiger charge is -2.37. The van der Waals surface area contributed by atoms with Gasteiger partial charge in [0.25, 0.3) is 0 Å². The Morgan fingerprint density at radius 1 is 1.26 bits per heavy atom. The van der Waals surface area contributed by atoms with Gasteiger partial charge < -0.3 is 15.0 Å². The van der Waals surface area contributed by atoms with Gasteiger partial charge in [0.1, 0.15) is 0 Å². The minimum absolute atomic E-state index is 0.184. The molecule has 1 heterocycles. The summed E-state index contributed by atoms with van der Waals surface area (Å²) >= 11 is 0. The van der Waals surface area contributed by atoms with Crippen LogP contribution in [0.25, 0.3) is 0 Å². The average Bonchev–Trinajstić information content (AvgIpc) is 2.45. The van der Waals surface area contributed by atoms with E-state index in [1.165, 1.54) is 45.6 Å². The summed E-state index contributed by atoms with van der Waals surface area (Å²) in [6.07, 6.45) is 7.92. The lowest BCUT2D eigenvalue weighted by atomic mass is 9.88. The first-order valence-electron chi connectivity index (χ1n) is 7.75. The minimum atomic E-state index is -0.184. The lowest BCUT2D eigenvalue weighted by molar-refractivity contribution is 0.0928. The molecule has 2 aliphatic rings. The molecule has 1 aliphatic heterocycles. The number of nitrogens with zero attached hydrogens (tertiary/aromatic N) is 1. The van der Waals surface area contributed by atoms with Gasteiger partial charge in [-0.15, -0.1) is 0 Å². The van der Waals surface area contributed by atoms with Gasteiger partial charge in [0.2, 0.25) is 0 Å². The number of hydrogen-bond donors (Lipinski definition) is 1. The first-order valence-corrected chi connectivity index (χ1v) is 7.75. The number of amides is 1. The smallest absolute Gasteiger partial charge is 0.409 e. The Labute approximate surface area is 116 Å². The van der Waals surface area contributed by atoms with Crippen molar-refractivity contribution in [1.82, 2.24) is 10.2 Å². The third kappa shape index (κ3) is 4.37. The van der Waals surface area contributed by atoms with Gasteiger partial charge in [0, 0.05) is 19.1 Å². The fraction of sp³-hybridized carbons (Fsp3) is 0.933. The number of methoxy groups -OCH3 is 1. The zero-order valence-electron chi connectivity index (χ0n) is 12.4. The van der Waals surface area contributed by atoms with Crippen molar-refractivity contribution >= 4 is 6.09 Å².